The van der Waals surface area contributed by atoms with Crippen LogP contribution in [0.2, 0.25) is 0 Å². The molecule has 28 heavy (non-hydrogen) atoms. The fraction of sp³-hybridized carbons (Fsp3) is 0.500. The summed E-state index contributed by atoms with van der Waals surface area (Å²) >= 11 is 0. The normalized spacial score (nSPS) is 23.7. The summed E-state index contributed by atoms with van der Waals surface area (Å²) in [6, 6.07) is 8.38. The third-order valence-electron chi connectivity index (χ3n) is 5.54. The van der Waals surface area contributed by atoms with E-state index in [1.54, 1.807) is 38.3 Å². The minimum absolute atomic E-state index is 0.417. The van der Waals surface area contributed by atoms with Crippen LogP contribution >= 0.6 is 0 Å². The molecule has 0 spiro atoms. The van der Waals surface area contributed by atoms with Crippen molar-refractivity contribution < 1.29 is 19.1 Å². The van der Waals surface area contributed by atoms with Gasteiger partial charge in [-0.1, -0.05) is 31.4 Å². The number of ether oxygens (including phenoxy) is 1. The molecule has 1 aliphatic heterocycles. The molecule has 8 nitrogen and oxygen atoms in total. The van der Waals surface area contributed by atoms with Crippen LogP contribution in [0, 0.1) is 11.3 Å². The molecule has 4 amide bonds. The number of methoxy groups -OCH3 is 1. The van der Waals surface area contributed by atoms with Crippen molar-refractivity contribution in [3.8, 4) is 11.8 Å². The number of amides is 4. The molecule has 0 radical (unpaired) electrons. The molecule has 148 valence electrons. The number of imide groups is 1. The van der Waals surface area contributed by atoms with Crippen LogP contribution in [0.25, 0.3) is 0 Å². The lowest BCUT2D eigenvalue weighted by molar-refractivity contribution is -0.135. The predicted molar refractivity (Wildman–Crippen MR) is 100 cm³/mol. The number of nitriles is 1. The van der Waals surface area contributed by atoms with Crippen molar-refractivity contribution in [3.63, 3.8) is 0 Å². The molecule has 2 aliphatic rings. The second kappa shape index (κ2) is 7.50. The van der Waals surface area contributed by atoms with E-state index in [0.717, 1.165) is 24.2 Å². The Balaban J connectivity index is 1.72. The highest BCUT2D eigenvalue weighted by atomic mass is 16.5. The first kappa shape index (κ1) is 19.7. The highest BCUT2D eigenvalue weighted by molar-refractivity contribution is 6.09. The van der Waals surface area contributed by atoms with Gasteiger partial charge < -0.3 is 15.4 Å². The maximum Gasteiger partial charge on any atom is 0.325 e. The average molecular weight is 384 g/mol. The number of nitrogens with one attached hydrogen (secondary N) is 2. The summed E-state index contributed by atoms with van der Waals surface area (Å²) in [7, 11) is 1.54. The Morgan fingerprint density at radius 2 is 1.89 bits per heavy atom. The molecule has 0 aromatic heterocycles. The van der Waals surface area contributed by atoms with Crippen molar-refractivity contribution in [3.05, 3.63) is 29.8 Å². The molecule has 2 fully saturated rings. The smallest absolute Gasteiger partial charge is 0.325 e. The topological polar surface area (TPSA) is 112 Å². The van der Waals surface area contributed by atoms with Crippen molar-refractivity contribution in [1.82, 2.24) is 15.5 Å². The zero-order valence-corrected chi connectivity index (χ0v) is 16.1. The van der Waals surface area contributed by atoms with Gasteiger partial charge in [-0.2, -0.15) is 5.26 Å². The number of benzene rings is 1. The molecule has 1 aliphatic carbocycles. The summed E-state index contributed by atoms with van der Waals surface area (Å²) < 4.78 is 5.12. The molecule has 1 aromatic rings. The highest BCUT2D eigenvalue weighted by Crippen LogP contribution is 2.30. The molecular weight excluding hydrogens is 360 g/mol. The average Bonchev–Trinajstić information content (AvgIpc) is 2.92. The van der Waals surface area contributed by atoms with Crippen molar-refractivity contribution in [2.24, 2.45) is 0 Å². The van der Waals surface area contributed by atoms with E-state index < -0.39 is 35.5 Å². The minimum Gasteiger partial charge on any atom is -0.497 e. The molecule has 0 unspecified atom stereocenters. The maximum absolute atomic E-state index is 12.9. The van der Waals surface area contributed by atoms with Crippen molar-refractivity contribution in [2.45, 2.75) is 50.1 Å². The third-order valence-corrected chi connectivity index (χ3v) is 5.54. The molecule has 1 saturated heterocycles. The Labute approximate surface area is 163 Å². The van der Waals surface area contributed by atoms with Crippen LogP contribution in [0.5, 0.6) is 5.75 Å². The van der Waals surface area contributed by atoms with Gasteiger partial charge in [0.25, 0.3) is 5.91 Å². The van der Waals surface area contributed by atoms with Crippen LogP contribution in [0.4, 0.5) is 4.79 Å². The number of urea groups is 1. The summed E-state index contributed by atoms with van der Waals surface area (Å²) in [6.07, 6.45) is 3.93. The van der Waals surface area contributed by atoms with E-state index in [1.807, 2.05) is 0 Å². The van der Waals surface area contributed by atoms with Crippen LogP contribution < -0.4 is 15.4 Å². The number of hydrogen-bond acceptors (Lipinski definition) is 5. The summed E-state index contributed by atoms with van der Waals surface area (Å²) in [5.74, 6) is -0.381. The van der Waals surface area contributed by atoms with Gasteiger partial charge in [-0.3, -0.25) is 14.5 Å². The van der Waals surface area contributed by atoms with Gasteiger partial charge in [0, 0.05) is 0 Å². The second-order valence-corrected chi connectivity index (χ2v) is 7.48. The van der Waals surface area contributed by atoms with Crippen LogP contribution in [0.3, 0.4) is 0 Å². The van der Waals surface area contributed by atoms with Gasteiger partial charge in [0.05, 0.1) is 13.2 Å². The van der Waals surface area contributed by atoms with Crippen molar-refractivity contribution in [2.75, 3.05) is 13.7 Å². The Morgan fingerprint density at radius 1 is 1.25 bits per heavy atom. The third kappa shape index (κ3) is 3.52. The van der Waals surface area contributed by atoms with E-state index in [0.29, 0.717) is 24.2 Å². The number of nitrogens with zero attached hydrogens (tertiary/aromatic N) is 2. The number of carbonyl (C=O) groups is 3. The van der Waals surface area contributed by atoms with E-state index in [2.05, 4.69) is 16.7 Å². The minimum atomic E-state index is -1.26. The fourth-order valence-corrected chi connectivity index (χ4v) is 3.83. The first-order chi connectivity index (χ1) is 13.3. The van der Waals surface area contributed by atoms with E-state index >= 15 is 0 Å². The van der Waals surface area contributed by atoms with Crippen LogP contribution in [-0.4, -0.2) is 41.9 Å². The van der Waals surface area contributed by atoms with Crippen molar-refractivity contribution in [1.29, 1.82) is 5.26 Å². The zero-order valence-electron chi connectivity index (χ0n) is 16.1. The molecule has 1 atom stereocenters. The van der Waals surface area contributed by atoms with E-state index in [9.17, 15) is 19.6 Å². The van der Waals surface area contributed by atoms with Crippen LogP contribution in [0.15, 0.2) is 24.3 Å². The first-order valence-electron chi connectivity index (χ1n) is 9.34. The van der Waals surface area contributed by atoms with Gasteiger partial charge in [0.15, 0.2) is 0 Å². The SMILES string of the molecule is COc1ccc([C@@]2(C)NC(=O)N(CC(=O)NC3(C#N)CCCCC3)C2=O)cc1. The zero-order chi connectivity index (χ0) is 20.4. The Hall–Kier alpha value is -3.08. The Bertz CT molecular complexity index is 824. The Kier molecular flexibility index (Phi) is 5.27. The van der Waals surface area contributed by atoms with E-state index in [4.69, 9.17) is 4.74 Å². The van der Waals surface area contributed by atoms with Gasteiger partial charge >= 0.3 is 6.03 Å². The Morgan fingerprint density at radius 3 is 2.46 bits per heavy atom. The maximum atomic E-state index is 12.9. The van der Waals surface area contributed by atoms with Crippen LogP contribution in [-0.2, 0) is 15.1 Å². The number of rotatable bonds is 5. The molecule has 1 heterocycles. The summed E-state index contributed by atoms with van der Waals surface area (Å²) in [6.45, 7) is 1.19. The molecule has 1 aromatic carbocycles. The van der Waals surface area contributed by atoms with Gasteiger partial charge in [0.2, 0.25) is 5.91 Å². The molecule has 8 heteroatoms. The summed E-state index contributed by atoms with van der Waals surface area (Å²) in [4.78, 5) is 38.7. The van der Waals surface area contributed by atoms with Gasteiger partial charge in [-0.15, -0.1) is 0 Å². The first-order valence-corrected chi connectivity index (χ1v) is 9.34. The molecule has 3 rings (SSSR count). The van der Waals surface area contributed by atoms with E-state index in [-0.39, 0.29) is 0 Å². The number of hydrogen-bond donors (Lipinski definition) is 2. The fourth-order valence-electron chi connectivity index (χ4n) is 3.83. The largest absolute Gasteiger partial charge is 0.497 e. The lowest BCUT2D eigenvalue weighted by Crippen LogP contribution is -2.52. The highest BCUT2D eigenvalue weighted by Gasteiger charge is 2.49. The monoisotopic (exact) mass is 384 g/mol. The summed E-state index contributed by atoms with van der Waals surface area (Å²) in [5.41, 5.74) is -1.58. The van der Waals surface area contributed by atoms with Crippen molar-refractivity contribution >= 4 is 17.8 Å². The number of carbonyl (C=O) groups excluding carboxylic acids is 3. The van der Waals surface area contributed by atoms with Gasteiger partial charge in [-0.25, -0.2) is 4.79 Å². The summed E-state index contributed by atoms with van der Waals surface area (Å²) in [5, 5.41) is 14.9. The molecule has 0 bridgehead atoms. The molecule has 1 saturated carbocycles. The van der Waals surface area contributed by atoms with E-state index in [1.165, 1.54) is 0 Å². The van der Waals surface area contributed by atoms with Gasteiger partial charge in [0.1, 0.15) is 23.4 Å². The quantitative estimate of drug-likeness (QED) is 0.752. The lowest BCUT2D eigenvalue weighted by atomic mass is 9.83. The van der Waals surface area contributed by atoms with Crippen LogP contribution in [0.1, 0.15) is 44.6 Å². The lowest BCUT2D eigenvalue weighted by Gasteiger charge is -2.32. The van der Waals surface area contributed by atoms with Gasteiger partial charge in [-0.05, 0) is 37.5 Å². The second-order valence-electron chi connectivity index (χ2n) is 7.48. The predicted octanol–water partition coefficient (Wildman–Crippen LogP) is 1.80. The standard InChI is InChI=1S/C20H24N4O4/c1-19(14-6-8-15(28-2)9-7-14)17(26)24(18(27)23-19)12-16(25)22-20(13-21)10-4-3-5-11-20/h6-9H,3-5,10-12H2,1-2H3,(H,22,25)(H,23,27)/t19-/m1/s1. The molecule has 2 N–H and O–H groups in total. The molecular formula is C20H24N4O4.